The Balaban J connectivity index is 2.07. The zero-order chi connectivity index (χ0) is 14.1. The molecule has 1 N–H and O–H groups in total. The summed E-state index contributed by atoms with van der Waals surface area (Å²) < 4.78 is 5.62. The molecule has 0 radical (unpaired) electrons. The molecular weight excluding hydrogens is 278 g/mol. The molecule has 0 atom stereocenters. The molecular formula is C14H10ClN3O2. The Hall–Kier alpha value is -2.40. The van der Waals surface area contributed by atoms with Gasteiger partial charge in [0, 0.05) is 18.7 Å². The summed E-state index contributed by atoms with van der Waals surface area (Å²) in [5, 5.41) is 3.12. The lowest BCUT2D eigenvalue weighted by molar-refractivity contribution is -0.114. The van der Waals surface area contributed by atoms with Gasteiger partial charge in [0.1, 0.15) is 0 Å². The number of halogens is 1. The minimum Gasteiger partial charge on any atom is -0.434 e. The summed E-state index contributed by atoms with van der Waals surface area (Å²) >= 11 is 6.03. The third-order valence-corrected chi connectivity index (χ3v) is 3.02. The fourth-order valence-electron chi connectivity index (χ4n) is 1.84. The van der Waals surface area contributed by atoms with Crippen LogP contribution in [0.5, 0.6) is 0 Å². The molecule has 1 amide bonds. The zero-order valence-electron chi connectivity index (χ0n) is 10.6. The maximum Gasteiger partial charge on any atom is 0.228 e. The molecule has 2 heterocycles. The van der Waals surface area contributed by atoms with Gasteiger partial charge in [0.2, 0.25) is 11.8 Å². The van der Waals surface area contributed by atoms with Gasteiger partial charge in [-0.25, -0.2) is 4.98 Å². The predicted octanol–water partition coefficient (Wildman–Crippen LogP) is 3.50. The van der Waals surface area contributed by atoms with E-state index in [0.29, 0.717) is 27.8 Å². The summed E-state index contributed by atoms with van der Waals surface area (Å²) in [6.07, 6.45) is 1.65. The van der Waals surface area contributed by atoms with Crippen molar-refractivity contribution in [3.63, 3.8) is 0 Å². The normalized spacial score (nSPS) is 10.7. The Morgan fingerprint density at radius 2 is 2.20 bits per heavy atom. The van der Waals surface area contributed by atoms with Crippen molar-refractivity contribution in [3.8, 4) is 11.5 Å². The number of hydrogen-bond acceptors (Lipinski definition) is 4. The largest absolute Gasteiger partial charge is 0.434 e. The van der Waals surface area contributed by atoms with Crippen molar-refractivity contribution >= 4 is 34.4 Å². The van der Waals surface area contributed by atoms with Crippen molar-refractivity contribution < 1.29 is 9.21 Å². The van der Waals surface area contributed by atoms with Gasteiger partial charge >= 0.3 is 0 Å². The number of hydrogen-bond donors (Lipinski definition) is 1. The molecule has 2 aromatic heterocycles. The molecule has 1 aromatic carbocycles. The molecule has 0 saturated carbocycles. The van der Waals surface area contributed by atoms with Gasteiger partial charge in [0.05, 0.1) is 10.7 Å². The van der Waals surface area contributed by atoms with Crippen LogP contribution >= 0.6 is 11.6 Å². The second-order valence-electron chi connectivity index (χ2n) is 4.22. The highest BCUT2D eigenvalue weighted by molar-refractivity contribution is 6.33. The average Bonchev–Trinajstić information content (AvgIpc) is 2.84. The zero-order valence-corrected chi connectivity index (χ0v) is 11.3. The minimum absolute atomic E-state index is 0.191. The maximum atomic E-state index is 11.1. The number of anilines is 1. The molecule has 0 fully saturated rings. The van der Waals surface area contributed by atoms with Crippen LogP contribution in [0.4, 0.5) is 5.69 Å². The monoisotopic (exact) mass is 287 g/mol. The molecule has 100 valence electrons. The molecule has 6 heteroatoms. The molecule has 3 aromatic rings. The van der Waals surface area contributed by atoms with Gasteiger partial charge < -0.3 is 9.73 Å². The number of nitrogens with zero attached hydrogens (tertiary/aromatic N) is 2. The molecule has 0 saturated heterocycles. The number of benzene rings is 1. The molecule has 0 unspecified atom stereocenters. The first kappa shape index (κ1) is 12.6. The van der Waals surface area contributed by atoms with Crippen molar-refractivity contribution in [2.45, 2.75) is 6.92 Å². The molecule has 0 aliphatic carbocycles. The first-order valence-corrected chi connectivity index (χ1v) is 6.30. The summed E-state index contributed by atoms with van der Waals surface area (Å²) in [5.41, 5.74) is 2.39. The fourth-order valence-corrected chi connectivity index (χ4v) is 2.00. The van der Waals surface area contributed by atoms with Crippen LogP contribution in [-0.2, 0) is 4.79 Å². The maximum absolute atomic E-state index is 11.1. The van der Waals surface area contributed by atoms with E-state index in [1.807, 2.05) is 0 Å². The minimum atomic E-state index is -0.191. The van der Waals surface area contributed by atoms with Crippen LogP contribution in [0.2, 0.25) is 5.02 Å². The van der Waals surface area contributed by atoms with Crippen LogP contribution in [0, 0.1) is 0 Å². The van der Waals surface area contributed by atoms with Crippen molar-refractivity contribution in [1.82, 2.24) is 9.97 Å². The number of pyridine rings is 1. The highest BCUT2D eigenvalue weighted by atomic mass is 35.5. The van der Waals surface area contributed by atoms with Crippen LogP contribution < -0.4 is 5.32 Å². The fraction of sp³-hybridized carbons (Fsp3) is 0.0714. The van der Waals surface area contributed by atoms with E-state index in [1.54, 1.807) is 36.5 Å². The van der Waals surface area contributed by atoms with E-state index in [1.165, 1.54) is 6.92 Å². The smallest absolute Gasteiger partial charge is 0.228 e. The summed E-state index contributed by atoms with van der Waals surface area (Å²) in [6, 6.07) is 8.75. The van der Waals surface area contributed by atoms with Gasteiger partial charge in [-0.05, 0) is 30.3 Å². The second kappa shape index (κ2) is 4.94. The van der Waals surface area contributed by atoms with E-state index in [-0.39, 0.29) is 5.91 Å². The Morgan fingerprint density at radius 1 is 1.35 bits per heavy atom. The van der Waals surface area contributed by atoms with E-state index in [0.717, 1.165) is 5.56 Å². The summed E-state index contributed by atoms with van der Waals surface area (Å²) in [7, 11) is 0. The lowest BCUT2D eigenvalue weighted by atomic mass is 10.2. The molecule has 20 heavy (non-hydrogen) atoms. The lowest BCUT2D eigenvalue weighted by Gasteiger charge is -2.05. The van der Waals surface area contributed by atoms with Crippen molar-refractivity contribution in [2.75, 3.05) is 5.32 Å². The van der Waals surface area contributed by atoms with Crippen LogP contribution in [-0.4, -0.2) is 15.9 Å². The Morgan fingerprint density at radius 3 is 2.95 bits per heavy atom. The van der Waals surface area contributed by atoms with E-state index < -0.39 is 0 Å². The topological polar surface area (TPSA) is 68.0 Å². The van der Waals surface area contributed by atoms with Gasteiger partial charge in [-0.15, -0.1) is 0 Å². The molecule has 3 rings (SSSR count). The number of carbonyl (C=O) groups is 1. The number of aromatic nitrogens is 2. The second-order valence-corrected chi connectivity index (χ2v) is 4.63. The van der Waals surface area contributed by atoms with E-state index >= 15 is 0 Å². The predicted molar refractivity (Wildman–Crippen MR) is 76.6 cm³/mol. The average molecular weight is 288 g/mol. The number of amides is 1. The summed E-state index contributed by atoms with van der Waals surface area (Å²) in [4.78, 5) is 19.5. The number of carbonyl (C=O) groups excluding carboxylic acids is 1. The lowest BCUT2D eigenvalue weighted by Crippen LogP contribution is -2.06. The van der Waals surface area contributed by atoms with Gasteiger partial charge in [0.15, 0.2) is 11.2 Å². The first-order valence-electron chi connectivity index (χ1n) is 5.92. The number of fused-ring (bicyclic) bond motifs is 1. The van der Waals surface area contributed by atoms with Gasteiger partial charge in [0.25, 0.3) is 0 Å². The number of nitrogens with one attached hydrogen (secondary N) is 1. The highest BCUT2D eigenvalue weighted by Gasteiger charge is 2.11. The molecule has 0 bridgehead atoms. The molecule has 0 aliphatic heterocycles. The summed E-state index contributed by atoms with van der Waals surface area (Å²) in [5.74, 6) is 0.241. The highest BCUT2D eigenvalue weighted by Crippen LogP contribution is 2.29. The number of oxazole rings is 1. The van der Waals surface area contributed by atoms with E-state index in [2.05, 4.69) is 15.3 Å². The molecule has 0 aliphatic rings. The van der Waals surface area contributed by atoms with Crippen LogP contribution in [0.1, 0.15) is 6.92 Å². The van der Waals surface area contributed by atoms with Crippen LogP contribution in [0.15, 0.2) is 40.9 Å². The van der Waals surface area contributed by atoms with E-state index in [9.17, 15) is 4.79 Å². The van der Waals surface area contributed by atoms with Crippen LogP contribution in [0.25, 0.3) is 22.7 Å². The first-order chi connectivity index (χ1) is 9.63. The Bertz CT molecular complexity index is 765. The number of rotatable bonds is 2. The third kappa shape index (κ3) is 2.35. The van der Waals surface area contributed by atoms with Crippen molar-refractivity contribution in [2.24, 2.45) is 0 Å². The standard InChI is InChI=1S/C14H10ClN3O2/c1-8(19)17-11-7-9(4-5-10(11)15)14-18-13-12(20-14)3-2-6-16-13/h2-7H,1H3,(H,17,19). The molecule has 5 nitrogen and oxygen atoms in total. The van der Waals surface area contributed by atoms with Crippen LogP contribution in [0.3, 0.4) is 0 Å². The van der Waals surface area contributed by atoms with Gasteiger partial charge in [-0.2, -0.15) is 4.98 Å². The van der Waals surface area contributed by atoms with Gasteiger partial charge in [-0.3, -0.25) is 4.79 Å². The Kier molecular flexibility index (Phi) is 3.12. The quantitative estimate of drug-likeness (QED) is 0.783. The SMILES string of the molecule is CC(=O)Nc1cc(-c2nc3ncccc3o2)ccc1Cl. The van der Waals surface area contributed by atoms with Crippen molar-refractivity contribution in [3.05, 3.63) is 41.6 Å². The van der Waals surface area contributed by atoms with E-state index in [4.69, 9.17) is 16.0 Å². The van der Waals surface area contributed by atoms with Gasteiger partial charge in [-0.1, -0.05) is 11.6 Å². The third-order valence-electron chi connectivity index (χ3n) is 2.69. The van der Waals surface area contributed by atoms with Crippen molar-refractivity contribution in [1.29, 1.82) is 0 Å². The summed E-state index contributed by atoms with van der Waals surface area (Å²) in [6.45, 7) is 1.42. The Labute approximate surface area is 119 Å². The molecule has 0 spiro atoms.